The van der Waals surface area contributed by atoms with E-state index in [0.717, 1.165) is 40.5 Å². The lowest BCUT2D eigenvalue weighted by molar-refractivity contribution is -0.571. The van der Waals surface area contributed by atoms with Crippen molar-refractivity contribution in [2.24, 2.45) is 0 Å². The van der Waals surface area contributed by atoms with Gasteiger partial charge >= 0.3 is 0 Å². The molecule has 0 atom stereocenters. The molecule has 11 rings (SSSR count). The quantitative estimate of drug-likeness (QED) is 0.118. The molecule has 7 aromatic carbocycles. The number of imidazole rings is 1. The standard InChI is InChI=1S/C60H54N4O/c1-58(2,3)42-30-33-61-56(34-42)64-54-36-45(28-29-48(54)49-37-50-51(38-55(49)64)60(6,7)32-31-59(50,4)5)65-44-23-16-22-43(35-44)62-39-63(53-27-15-14-26-52(53)62)57-46(40-18-10-8-11-19-40)24-17-25-47(57)41-20-12-9-13-21-41/h8-30,33-38H,31-32H2,1-7H3/i8D,9D,10D,11D,12D,13D,18D,19D,20D,21D. The first kappa shape index (κ1) is 30.8. The summed E-state index contributed by atoms with van der Waals surface area (Å²) in [5.74, 6) is 1.95. The monoisotopic (exact) mass is 856 g/mol. The summed E-state index contributed by atoms with van der Waals surface area (Å²) in [6.45, 7) is 16.0. The Labute approximate surface area is 396 Å². The number of hydrogen-bond donors (Lipinski definition) is 0. The lowest BCUT2D eigenvalue weighted by atomic mass is 9.63. The zero-order valence-electron chi connectivity index (χ0n) is 47.6. The number of ether oxygens (including phenoxy) is 1. The smallest absolute Gasteiger partial charge is 0.269 e. The number of benzene rings is 7. The summed E-state index contributed by atoms with van der Waals surface area (Å²) >= 11 is 0. The maximum Gasteiger partial charge on any atom is 0.269 e. The summed E-state index contributed by atoms with van der Waals surface area (Å²) in [6, 6.07) is 29.9. The van der Waals surface area contributed by atoms with Crippen LogP contribution in [0.2, 0.25) is 0 Å². The maximum atomic E-state index is 9.05. The summed E-state index contributed by atoms with van der Waals surface area (Å²) in [6.07, 6.45) is 7.54. The van der Waals surface area contributed by atoms with Gasteiger partial charge in [-0.2, -0.15) is 0 Å². The van der Waals surface area contributed by atoms with E-state index in [9.17, 15) is 0 Å². The van der Waals surface area contributed by atoms with Gasteiger partial charge in [0, 0.05) is 23.0 Å². The molecule has 320 valence electrons. The van der Waals surface area contributed by atoms with Gasteiger partial charge in [0.25, 0.3) is 6.33 Å². The predicted molar refractivity (Wildman–Crippen MR) is 267 cm³/mol. The molecule has 0 aliphatic heterocycles. The minimum Gasteiger partial charge on any atom is -0.458 e. The zero-order chi connectivity index (χ0) is 53.4. The Bertz CT molecular complexity index is 3910. The van der Waals surface area contributed by atoms with Gasteiger partial charge in [-0.1, -0.05) is 157 Å². The van der Waals surface area contributed by atoms with Crippen molar-refractivity contribution in [3.05, 3.63) is 199 Å². The molecule has 0 radical (unpaired) electrons. The Morgan fingerprint density at radius 1 is 0.631 bits per heavy atom. The number of hydrogen-bond acceptors (Lipinski definition) is 2. The molecule has 0 saturated heterocycles. The van der Waals surface area contributed by atoms with Gasteiger partial charge in [0.1, 0.15) is 17.3 Å². The van der Waals surface area contributed by atoms with Gasteiger partial charge in [0.15, 0.2) is 0 Å². The highest BCUT2D eigenvalue weighted by molar-refractivity contribution is 6.10. The molecule has 5 heteroatoms. The van der Waals surface area contributed by atoms with Crippen LogP contribution >= 0.6 is 0 Å². The first-order chi connectivity index (χ1) is 35.5. The molecular formula is C60H54N4O. The van der Waals surface area contributed by atoms with Crippen molar-refractivity contribution in [3.8, 4) is 50.9 Å². The van der Waals surface area contributed by atoms with Gasteiger partial charge in [-0.25, -0.2) is 4.98 Å². The topological polar surface area (TPSA) is 35.9 Å². The second-order valence-electron chi connectivity index (χ2n) is 19.4. The highest BCUT2D eigenvalue weighted by atomic mass is 16.5. The van der Waals surface area contributed by atoms with Crippen molar-refractivity contribution in [2.45, 2.75) is 77.6 Å². The third kappa shape index (κ3) is 7.02. The molecule has 3 aromatic heterocycles. The number of nitrogens with zero attached hydrogens (tertiary/aromatic N) is 4. The fourth-order valence-corrected chi connectivity index (χ4v) is 9.57. The minimum absolute atomic E-state index is 0.00798. The summed E-state index contributed by atoms with van der Waals surface area (Å²) in [4.78, 5) is 4.99. The molecule has 0 fully saturated rings. The van der Waals surface area contributed by atoms with Gasteiger partial charge in [0.05, 0.1) is 47.1 Å². The van der Waals surface area contributed by atoms with Crippen LogP contribution in [0.3, 0.4) is 0 Å². The van der Waals surface area contributed by atoms with Gasteiger partial charge in [-0.3, -0.25) is 13.7 Å². The van der Waals surface area contributed by atoms with Crippen LogP contribution in [0.1, 0.15) is 91.7 Å². The largest absolute Gasteiger partial charge is 0.458 e. The molecule has 0 unspecified atom stereocenters. The van der Waals surface area contributed by atoms with Crippen molar-refractivity contribution < 1.29 is 23.0 Å². The normalized spacial score (nSPS) is 16.7. The number of pyridine rings is 1. The van der Waals surface area contributed by atoms with Crippen LogP contribution in [0.5, 0.6) is 11.5 Å². The third-order valence-corrected chi connectivity index (χ3v) is 13.2. The number of rotatable bonds is 7. The maximum absolute atomic E-state index is 9.05. The molecule has 0 saturated carbocycles. The van der Waals surface area contributed by atoms with E-state index in [4.69, 9.17) is 23.4 Å². The molecule has 1 aliphatic rings. The summed E-state index contributed by atoms with van der Waals surface area (Å²) < 4.78 is 99.9. The first-order valence-corrected chi connectivity index (χ1v) is 22.1. The van der Waals surface area contributed by atoms with Gasteiger partial charge in [0.2, 0.25) is 0 Å². The molecular weight excluding hydrogens is 793 g/mol. The Morgan fingerprint density at radius 3 is 1.95 bits per heavy atom. The second kappa shape index (κ2) is 15.2. The van der Waals surface area contributed by atoms with E-state index in [2.05, 4.69) is 95.8 Å². The lowest BCUT2D eigenvalue weighted by Crippen LogP contribution is -2.33. The highest BCUT2D eigenvalue weighted by Gasteiger charge is 2.38. The summed E-state index contributed by atoms with van der Waals surface area (Å²) in [7, 11) is 0. The van der Waals surface area contributed by atoms with E-state index >= 15 is 0 Å². The summed E-state index contributed by atoms with van der Waals surface area (Å²) in [5, 5.41) is 2.23. The molecule has 0 amide bonds. The van der Waals surface area contributed by atoms with E-state index in [0.29, 0.717) is 28.2 Å². The molecule has 1 aliphatic carbocycles. The molecule has 3 heterocycles. The van der Waals surface area contributed by atoms with Crippen molar-refractivity contribution in [1.82, 2.24) is 14.1 Å². The first-order valence-electron chi connectivity index (χ1n) is 27.1. The Morgan fingerprint density at radius 2 is 1.26 bits per heavy atom. The van der Waals surface area contributed by atoms with E-state index < -0.39 is 60.4 Å². The van der Waals surface area contributed by atoms with Crippen LogP contribution in [0.4, 0.5) is 0 Å². The number of aromatic nitrogens is 4. The third-order valence-electron chi connectivity index (χ3n) is 13.2. The van der Waals surface area contributed by atoms with E-state index in [1.165, 1.54) is 16.7 Å². The second-order valence-corrected chi connectivity index (χ2v) is 19.4. The van der Waals surface area contributed by atoms with Crippen LogP contribution in [-0.2, 0) is 16.2 Å². The van der Waals surface area contributed by atoms with Gasteiger partial charge < -0.3 is 4.74 Å². The van der Waals surface area contributed by atoms with Crippen molar-refractivity contribution in [2.75, 3.05) is 0 Å². The lowest BCUT2D eigenvalue weighted by Gasteiger charge is -2.42. The SMILES string of the molecule is [2H]c1c([2H])c([2H])c(-c2cccc(-c3c([2H])c([2H])c([2H])c([2H])c3[2H])c2-[n+]2[c-]n(-c3cccc(Oc4ccc5c6cc7c(cc6n(-c6cc(C(C)(C)C)ccn6)c5c4)C(C)(C)CCC7(C)C)c3)c3ccccc32)c([2H])c1[2H]. The van der Waals surface area contributed by atoms with Crippen LogP contribution in [-0.4, -0.2) is 14.1 Å². The Balaban J connectivity index is 1.09. The molecule has 65 heavy (non-hydrogen) atoms. The zero-order valence-corrected chi connectivity index (χ0v) is 37.6. The molecule has 0 spiro atoms. The van der Waals surface area contributed by atoms with E-state index in [-0.39, 0.29) is 44.2 Å². The highest BCUT2D eigenvalue weighted by Crippen LogP contribution is 2.49. The summed E-state index contributed by atoms with van der Waals surface area (Å²) in [5.41, 5.74) is 7.95. The minimum atomic E-state index is -0.563. The predicted octanol–water partition coefficient (Wildman–Crippen LogP) is 15.0. The molecule has 0 N–H and O–H groups in total. The van der Waals surface area contributed by atoms with Crippen molar-refractivity contribution >= 4 is 32.8 Å². The Kier molecular flexibility index (Phi) is 7.20. The van der Waals surface area contributed by atoms with Crippen LogP contribution in [0.25, 0.3) is 72.3 Å². The fraction of sp³-hybridized carbons (Fsp3) is 0.200. The van der Waals surface area contributed by atoms with Crippen LogP contribution in [0.15, 0.2) is 176 Å². The average Bonchev–Trinajstić information content (AvgIpc) is 3.95. The number of fused-ring (bicyclic) bond motifs is 5. The molecule has 5 nitrogen and oxygen atoms in total. The van der Waals surface area contributed by atoms with Crippen LogP contribution < -0.4 is 9.30 Å². The average molecular weight is 857 g/mol. The van der Waals surface area contributed by atoms with Crippen LogP contribution in [0, 0.1) is 6.33 Å². The Hall–Kier alpha value is -7.24. The van der Waals surface area contributed by atoms with Gasteiger partial charge in [-0.15, -0.1) is 0 Å². The van der Waals surface area contributed by atoms with Gasteiger partial charge in [-0.05, 0) is 123 Å². The van der Waals surface area contributed by atoms with Crippen molar-refractivity contribution in [3.63, 3.8) is 0 Å². The fourth-order valence-electron chi connectivity index (χ4n) is 9.57. The van der Waals surface area contributed by atoms with Crippen molar-refractivity contribution in [1.29, 1.82) is 0 Å². The molecule has 10 aromatic rings. The number of para-hydroxylation sites is 3. The van der Waals surface area contributed by atoms with E-state index in [1.807, 2.05) is 65.4 Å². The molecule has 0 bridgehead atoms. The van der Waals surface area contributed by atoms with E-state index in [1.54, 1.807) is 22.8 Å².